The van der Waals surface area contributed by atoms with Gasteiger partial charge in [0, 0.05) is 6.54 Å². The average molecular weight is 265 g/mol. The number of rotatable bonds is 5. The van der Waals surface area contributed by atoms with Crippen molar-refractivity contribution in [2.75, 3.05) is 23.9 Å². The van der Waals surface area contributed by atoms with Crippen LogP contribution in [-0.4, -0.2) is 28.8 Å². The predicted molar refractivity (Wildman–Crippen MR) is 63.1 cm³/mol. The maximum atomic E-state index is 12.2. The summed E-state index contributed by atoms with van der Waals surface area (Å²) in [5, 5.41) is 9.57. The molecule has 0 spiro atoms. The minimum Gasteiger partial charge on any atom is -0.368 e. The number of hydrogen-bond acceptors (Lipinski definition) is 4. The zero-order valence-corrected chi connectivity index (χ0v) is 10.4. The second-order valence-corrected chi connectivity index (χ2v) is 4.65. The summed E-state index contributed by atoms with van der Waals surface area (Å²) in [4.78, 5) is 0. The highest BCUT2D eigenvalue weighted by molar-refractivity contribution is 7.98. The summed E-state index contributed by atoms with van der Waals surface area (Å²) in [6.07, 6.45) is -2.42. The highest BCUT2D eigenvalue weighted by Crippen LogP contribution is 2.27. The molecule has 0 radical (unpaired) electrons. The first-order valence-electron chi connectivity index (χ1n) is 5.07. The lowest BCUT2D eigenvalue weighted by Crippen LogP contribution is -2.15. The number of alkyl halides is 3. The fourth-order valence-corrected chi connectivity index (χ4v) is 1.89. The lowest BCUT2D eigenvalue weighted by Gasteiger charge is -2.11. The summed E-state index contributed by atoms with van der Waals surface area (Å²) < 4.78 is 36.6. The highest BCUT2D eigenvalue weighted by Gasteiger charge is 2.32. The zero-order valence-electron chi connectivity index (χ0n) is 9.58. The van der Waals surface area contributed by atoms with Crippen molar-refractivity contribution in [3.8, 4) is 0 Å². The van der Waals surface area contributed by atoms with E-state index in [2.05, 4.69) is 22.4 Å². The van der Waals surface area contributed by atoms with Crippen LogP contribution in [0.25, 0.3) is 0 Å². The van der Waals surface area contributed by atoms with Crippen molar-refractivity contribution in [3.05, 3.63) is 17.8 Å². The van der Waals surface area contributed by atoms with Gasteiger partial charge in [-0.25, -0.2) is 0 Å². The Labute approximate surface area is 102 Å². The Balaban J connectivity index is 2.51. The molecule has 17 heavy (non-hydrogen) atoms. The molecule has 1 aromatic rings. The molecule has 0 saturated carbocycles. The molecule has 1 atom stereocenters. The quantitative estimate of drug-likeness (QED) is 0.888. The Kier molecular flexibility index (Phi) is 5.04. The van der Waals surface area contributed by atoms with Gasteiger partial charge >= 0.3 is 6.18 Å². The van der Waals surface area contributed by atoms with E-state index in [1.807, 2.05) is 6.26 Å². The molecule has 0 aromatic carbocycles. The number of nitrogens with zero attached hydrogens (tertiary/aromatic N) is 2. The van der Waals surface area contributed by atoms with Crippen LogP contribution < -0.4 is 5.32 Å². The van der Waals surface area contributed by atoms with Crippen LogP contribution in [-0.2, 0) is 6.18 Å². The van der Waals surface area contributed by atoms with Gasteiger partial charge in [-0.1, -0.05) is 6.92 Å². The van der Waals surface area contributed by atoms with Gasteiger partial charge in [0.25, 0.3) is 0 Å². The van der Waals surface area contributed by atoms with Crippen LogP contribution in [0, 0.1) is 5.92 Å². The van der Waals surface area contributed by atoms with Crippen LogP contribution in [0.2, 0.25) is 0 Å². The van der Waals surface area contributed by atoms with Crippen molar-refractivity contribution >= 4 is 17.6 Å². The van der Waals surface area contributed by atoms with Gasteiger partial charge in [-0.2, -0.15) is 24.9 Å². The summed E-state index contributed by atoms with van der Waals surface area (Å²) in [5.41, 5.74) is -0.972. The standard InChI is InChI=1S/C10H14F3N3S/c1-7(6-17-2)5-14-9-4-3-8(15-16-9)10(11,12)13/h3-4,7H,5-6H2,1-2H3,(H,14,16). The normalized spacial score (nSPS) is 13.5. The van der Waals surface area contributed by atoms with Crippen LogP contribution in [0.5, 0.6) is 0 Å². The molecular weight excluding hydrogens is 251 g/mol. The minimum atomic E-state index is -4.43. The second-order valence-electron chi connectivity index (χ2n) is 3.74. The molecule has 1 aromatic heterocycles. The monoisotopic (exact) mass is 265 g/mol. The van der Waals surface area contributed by atoms with Crippen LogP contribution in [0.3, 0.4) is 0 Å². The topological polar surface area (TPSA) is 37.8 Å². The molecule has 1 heterocycles. The lowest BCUT2D eigenvalue weighted by molar-refractivity contribution is -0.141. The first-order chi connectivity index (χ1) is 7.93. The number of nitrogens with one attached hydrogen (secondary N) is 1. The van der Waals surface area contributed by atoms with Crippen molar-refractivity contribution in [1.29, 1.82) is 0 Å². The Morgan fingerprint density at radius 1 is 1.35 bits per heavy atom. The van der Waals surface area contributed by atoms with Gasteiger partial charge in [-0.3, -0.25) is 0 Å². The van der Waals surface area contributed by atoms with E-state index in [1.54, 1.807) is 11.8 Å². The first-order valence-corrected chi connectivity index (χ1v) is 6.46. The maximum Gasteiger partial charge on any atom is 0.435 e. The molecule has 0 aliphatic heterocycles. The summed E-state index contributed by atoms with van der Waals surface area (Å²) in [7, 11) is 0. The van der Waals surface area contributed by atoms with E-state index in [0.29, 0.717) is 18.3 Å². The van der Waals surface area contributed by atoms with E-state index in [4.69, 9.17) is 0 Å². The number of thioether (sulfide) groups is 1. The van der Waals surface area contributed by atoms with Gasteiger partial charge in [-0.05, 0) is 30.1 Å². The van der Waals surface area contributed by atoms with Crippen LogP contribution in [0.4, 0.5) is 19.0 Å². The molecule has 0 aliphatic rings. The molecule has 1 N–H and O–H groups in total. The van der Waals surface area contributed by atoms with Crippen molar-refractivity contribution < 1.29 is 13.2 Å². The predicted octanol–water partition coefficient (Wildman–Crippen LogP) is 2.91. The first kappa shape index (κ1) is 14.1. The Bertz CT molecular complexity index is 340. The van der Waals surface area contributed by atoms with E-state index in [9.17, 15) is 13.2 Å². The fraction of sp³-hybridized carbons (Fsp3) is 0.600. The third-order valence-electron chi connectivity index (χ3n) is 2.04. The van der Waals surface area contributed by atoms with Crippen LogP contribution >= 0.6 is 11.8 Å². The molecule has 0 amide bonds. The summed E-state index contributed by atoms with van der Waals surface area (Å²) in [5.74, 6) is 1.78. The van der Waals surface area contributed by atoms with E-state index >= 15 is 0 Å². The molecule has 7 heteroatoms. The highest BCUT2D eigenvalue weighted by atomic mass is 32.2. The van der Waals surface area contributed by atoms with Crippen LogP contribution in [0.1, 0.15) is 12.6 Å². The third kappa shape index (κ3) is 4.80. The number of hydrogen-bond donors (Lipinski definition) is 1. The molecule has 0 saturated heterocycles. The molecule has 1 unspecified atom stereocenters. The van der Waals surface area contributed by atoms with Gasteiger partial charge in [0.2, 0.25) is 0 Å². The van der Waals surface area contributed by atoms with Gasteiger partial charge in [0.15, 0.2) is 5.69 Å². The number of aromatic nitrogens is 2. The largest absolute Gasteiger partial charge is 0.435 e. The molecule has 1 rings (SSSR count). The Morgan fingerprint density at radius 2 is 2.06 bits per heavy atom. The third-order valence-corrected chi connectivity index (χ3v) is 2.94. The van der Waals surface area contributed by atoms with Crippen molar-refractivity contribution in [2.24, 2.45) is 5.92 Å². The Morgan fingerprint density at radius 3 is 2.53 bits per heavy atom. The molecule has 0 aliphatic carbocycles. The van der Waals surface area contributed by atoms with E-state index in [0.717, 1.165) is 11.8 Å². The maximum absolute atomic E-state index is 12.2. The molecule has 0 bridgehead atoms. The van der Waals surface area contributed by atoms with E-state index in [1.165, 1.54) is 6.07 Å². The number of anilines is 1. The summed E-state index contributed by atoms with van der Waals surface area (Å²) in [6, 6.07) is 2.22. The SMILES string of the molecule is CSCC(C)CNc1ccc(C(F)(F)F)nn1. The smallest absolute Gasteiger partial charge is 0.368 e. The summed E-state index contributed by atoms with van der Waals surface area (Å²) >= 11 is 1.73. The van der Waals surface area contributed by atoms with Gasteiger partial charge in [0.1, 0.15) is 5.82 Å². The zero-order chi connectivity index (χ0) is 12.9. The fourth-order valence-electron chi connectivity index (χ4n) is 1.20. The number of halogens is 3. The summed E-state index contributed by atoms with van der Waals surface area (Å²) in [6.45, 7) is 2.72. The lowest BCUT2D eigenvalue weighted by atomic mass is 10.2. The van der Waals surface area contributed by atoms with Crippen LogP contribution in [0.15, 0.2) is 12.1 Å². The van der Waals surface area contributed by atoms with Crippen molar-refractivity contribution in [2.45, 2.75) is 13.1 Å². The minimum absolute atomic E-state index is 0.367. The van der Waals surface area contributed by atoms with E-state index < -0.39 is 11.9 Å². The van der Waals surface area contributed by atoms with Gasteiger partial charge in [0.05, 0.1) is 0 Å². The van der Waals surface area contributed by atoms with Gasteiger partial charge in [-0.15, -0.1) is 10.2 Å². The molecule has 96 valence electrons. The molecule has 0 fully saturated rings. The van der Waals surface area contributed by atoms with Gasteiger partial charge < -0.3 is 5.32 Å². The molecule has 3 nitrogen and oxygen atoms in total. The van der Waals surface area contributed by atoms with Crippen molar-refractivity contribution in [3.63, 3.8) is 0 Å². The van der Waals surface area contributed by atoms with E-state index in [-0.39, 0.29) is 0 Å². The second kappa shape index (κ2) is 6.09. The Hall–Kier alpha value is -0.980. The molecular formula is C10H14F3N3S. The average Bonchev–Trinajstić information content (AvgIpc) is 2.26. The van der Waals surface area contributed by atoms with Crippen molar-refractivity contribution in [1.82, 2.24) is 10.2 Å².